The lowest BCUT2D eigenvalue weighted by Gasteiger charge is -2.21. The van der Waals surface area contributed by atoms with Crippen molar-refractivity contribution in [2.24, 2.45) is 0 Å². The van der Waals surface area contributed by atoms with Gasteiger partial charge in [-0.3, -0.25) is 0 Å². The van der Waals surface area contributed by atoms with Crippen LogP contribution in [0.3, 0.4) is 0 Å². The van der Waals surface area contributed by atoms with Crippen molar-refractivity contribution in [2.75, 3.05) is 7.11 Å². The first-order chi connectivity index (χ1) is 11.3. The molecule has 1 saturated carbocycles. The van der Waals surface area contributed by atoms with Crippen LogP contribution >= 0.6 is 0 Å². The predicted molar refractivity (Wildman–Crippen MR) is 104 cm³/mol. The maximum Gasteiger partial charge on any atom is 0.122 e. The summed E-state index contributed by atoms with van der Waals surface area (Å²) in [5.41, 5.74) is 4.46. The summed E-state index contributed by atoms with van der Waals surface area (Å²) in [6.07, 6.45) is 2.81. The molecular weight excluding hydrogens is 292 g/mol. The van der Waals surface area contributed by atoms with Crippen molar-refractivity contribution in [3.05, 3.63) is 65.2 Å². The molecule has 0 aromatic heterocycles. The smallest absolute Gasteiger partial charge is 0.122 e. The number of ether oxygens (including phenoxy) is 1. The molecule has 24 heavy (non-hydrogen) atoms. The lowest BCUT2D eigenvalue weighted by Crippen LogP contribution is -2.12. The third-order valence-corrected chi connectivity index (χ3v) is 4.54. The molecule has 0 unspecified atom stereocenters. The van der Waals surface area contributed by atoms with Gasteiger partial charge < -0.3 is 4.74 Å². The third kappa shape index (κ3) is 5.12. The van der Waals surface area contributed by atoms with Crippen molar-refractivity contribution in [2.45, 2.75) is 64.7 Å². The van der Waals surface area contributed by atoms with E-state index in [0.717, 1.165) is 11.7 Å². The molecule has 0 radical (unpaired) electrons. The summed E-state index contributed by atoms with van der Waals surface area (Å²) < 4.78 is 5.27. The highest BCUT2D eigenvalue weighted by Crippen LogP contribution is 2.40. The molecule has 1 nitrogen and oxygen atoms in total. The Labute approximate surface area is 148 Å². The van der Waals surface area contributed by atoms with Gasteiger partial charge in [-0.25, -0.2) is 0 Å². The van der Waals surface area contributed by atoms with Crippen LogP contribution in [0.1, 0.15) is 76.0 Å². The standard InChI is InChI=1S/C12H16.C11H16O/c1-9(2)11-4-3-5-12(8-11)10-6-7-10;1-11(2,3)9-7-5-6-8-10(9)12-4/h3-5,8-10H,6-7H2,1-2H3;5-8H,1-4H3. The van der Waals surface area contributed by atoms with Crippen LogP contribution in [0.4, 0.5) is 0 Å². The Morgan fingerprint density at radius 3 is 2.12 bits per heavy atom. The van der Waals surface area contributed by atoms with Gasteiger partial charge in [0.1, 0.15) is 5.75 Å². The summed E-state index contributed by atoms with van der Waals surface area (Å²) in [7, 11) is 1.71. The number of benzene rings is 2. The zero-order chi connectivity index (χ0) is 17.7. The summed E-state index contributed by atoms with van der Waals surface area (Å²) in [6, 6.07) is 17.2. The van der Waals surface area contributed by atoms with Crippen LogP contribution in [0.15, 0.2) is 48.5 Å². The molecule has 0 aliphatic heterocycles. The van der Waals surface area contributed by atoms with E-state index in [1.807, 2.05) is 18.2 Å². The van der Waals surface area contributed by atoms with Crippen LogP contribution in [0.2, 0.25) is 0 Å². The SMILES string of the molecule is CC(C)c1cccc(C2CC2)c1.COc1ccccc1C(C)(C)C. The van der Waals surface area contributed by atoms with Crippen LogP contribution in [0.25, 0.3) is 0 Å². The average Bonchev–Trinajstić information content (AvgIpc) is 3.39. The van der Waals surface area contributed by atoms with Gasteiger partial charge in [0.2, 0.25) is 0 Å². The van der Waals surface area contributed by atoms with Gasteiger partial charge in [-0.05, 0) is 52.8 Å². The first-order valence-electron chi connectivity index (χ1n) is 9.06. The quantitative estimate of drug-likeness (QED) is 0.612. The summed E-state index contributed by atoms with van der Waals surface area (Å²) in [5.74, 6) is 2.54. The highest BCUT2D eigenvalue weighted by Gasteiger charge is 2.23. The van der Waals surface area contributed by atoms with Crippen LogP contribution in [0.5, 0.6) is 5.75 Å². The predicted octanol–water partition coefficient (Wildman–Crippen LogP) is 6.68. The lowest BCUT2D eigenvalue weighted by atomic mass is 9.86. The first-order valence-corrected chi connectivity index (χ1v) is 9.06. The normalized spacial score (nSPS) is 14.1. The van der Waals surface area contributed by atoms with E-state index in [-0.39, 0.29) is 5.41 Å². The minimum atomic E-state index is 0.159. The van der Waals surface area contributed by atoms with Crippen LogP contribution in [0, 0.1) is 0 Å². The number of hydrogen-bond acceptors (Lipinski definition) is 1. The number of para-hydroxylation sites is 1. The van der Waals surface area contributed by atoms with E-state index >= 15 is 0 Å². The molecule has 0 atom stereocenters. The van der Waals surface area contributed by atoms with Gasteiger partial charge in [-0.1, -0.05) is 77.1 Å². The molecule has 2 aromatic rings. The Morgan fingerprint density at radius 1 is 0.958 bits per heavy atom. The van der Waals surface area contributed by atoms with E-state index in [1.54, 1.807) is 12.7 Å². The van der Waals surface area contributed by atoms with Gasteiger partial charge in [0.15, 0.2) is 0 Å². The van der Waals surface area contributed by atoms with Gasteiger partial charge >= 0.3 is 0 Å². The van der Waals surface area contributed by atoms with E-state index in [9.17, 15) is 0 Å². The Kier molecular flexibility index (Phi) is 6.10. The van der Waals surface area contributed by atoms with E-state index < -0.39 is 0 Å². The molecule has 0 bridgehead atoms. The molecule has 0 amide bonds. The number of methoxy groups -OCH3 is 1. The van der Waals surface area contributed by atoms with Crippen molar-refractivity contribution >= 4 is 0 Å². The summed E-state index contributed by atoms with van der Waals surface area (Å²) in [5, 5.41) is 0. The Balaban J connectivity index is 0.000000174. The highest BCUT2D eigenvalue weighted by atomic mass is 16.5. The van der Waals surface area contributed by atoms with E-state index in [4.69, 9.17) is 4.74 Å². The van der Waals surface area contributed by atoms with Crippen molar-refractivity contribution < 1.29 is 4.74 Å². The fourth-order valence-corrected chi connectivity index (χ4v) is 2.85. The van der Waals surface area contributed by atoms with Crippen LogP contribution in [-0.4, -0.2) is 7.11 Å². The molecule has 0 saturated heterocycles. The van der Waals surface area contributed by atoms with Gasteiger partial charge in [0.05, 0.1) is 7.11 Å². The minimum Gasteiger partial charge on any atom is -0.496 e. The Morgan fingerprint density at radius 2 is 1.62 bits per heavy atom. The maximum atomic E-state index is 5.27. The second-order valence-electron chi connectivity index (χ2n) is 8.05. The van der Waals surface area contributed by atoms with Gasteiger partial charge in [0.25, 0.3) is 0 Å². The molecule has 1 aliphatic carbocycles. The van der Waals surface area contributed by atoms with Crippen LogP contribution in [-0.2, 0) is 5.41 Å². The molecule has 2 aromatic carbocycles. The molecule has 1 fully saturated rings. The molecule has 0 N–H and O–H groups in total. The van der Waals surface area contributed by atoms with Gasteiger partial charge in [0, 0.05) is 0 Å². The number of rotatable bonds is 3. The molecule has 0 heterocycles. The third-order valence-electron chi connectivity index (χ3n) is 4.54. The van der Waals surface area contributed by atoms with Crippen molar-refractivity contribution in [3.8, 4) is 5.75 Å². The minimum absolute atomic E-state index is 0.159. The second-order valence-corrected chi connectivity index (χ2v) is 8.05. The largest absolute Gasteiger partial charge is 0.496 e. The summed E-state index contributed by atoms with van der Waals surface area (Å²) in [6.45, 7) is 11.1. The van der Waals surface area contributed by atoms with E-state index in [2.05, 4.69) is 65.0 Å². The summed E-state index contributed by atoms with van der Waals surface area (Å²) in [4.78, 5) is 0. The lowest BCUT2D eigenvalue weighted by molar-refractivity contribution is 0.397. The Bertz CT molecular complexity index is 628. The molecule has 0 spiro atoms. The zero-order valence-electron chi connectivity index (χ0n) is 16.1. The molecule has 1 aliphatic rings. The molecular formula is C23H32O. The highest BCUT2D eigenvalue weighted by molar-refractivity contribution is 5.38. The molecule has 1 heteroatoms. The van der Waals surface area contributed by atoms with Crippen molar-refractivity contribution in [3.63, 3.8) is 0 Å². The van der Waals surface area contributed by atoms with Crippen LogP contribution < -0.4 is 4.74 Å². The zero-order valence-corrected chi connectivity index (χ0v) is 16.1. The van der Waals surface area contributed by atoms with E-state index in [1.165, 1.54) is 24.0 Å². The topological polar surface area (TPSA) is 9.23 Å². The fraction of sp³-hybridized carbons (Fsp3) is 0.478. The summed E-state index contributed by atoms with van der Waals surface area (Å²) >= 11 is 0. The van der Waals surface area contributed by atoms with Gasteiger partial charge in [-0.2, -0.15) is 0 Å². The van der Waals surface area contributed by atoms with Crippen molar-refractivity contribution in [1.29, 1.82) is 0 Å². The molecule has 3 rings (SSSR count). The van der Waals surface area contributed by atoms with Crippen molar-refractivity contribution in [1.82, 2.24) is 0 Å². The maximum absolute atomic E-state index is 5.27. The monoisotopic (exact) mass is 324 g/mol. The average molecular weight is 325 g/mol. The Hall–Kier alpha value is -1.76. The first kappa shape index (κ1) is 18.6. The fourth-order valence-electron chi connectivity index (χ4n) is 2.85. The second kappa shape index (κ2) is 7.88. The molecule has 130 valence electrons. The van der Waals surface area contributed by atoms with E-state index in [0.29, 0.717) is 5.92 Å². The van der Waals surface area contributed by atoms with Gasteiger partial charge in [-0.15, -0.1) is 0 Å². The number of hydrogen-bond donors (Lipinski definition) is 0.